The number of fused-ring (bicyclic) bond motifs is 8. The number of hydrogen-bond donors (Lipinski definition) is 0. The molecule has 0 radical (unpaired) electrons. The minimum Gasteiger partial charge on any atom is -0.309 e. The van der Waals surface area contributed by atoms with E-state index in [-0.39, 0.29) is 0 Å². The summed E-state index contributed by atoms with van der Waals surface area (Å²) in [6.45, 7) is 0. The number of nitrogens with zero attached hydrogens (tertiary/aromatic N) is 2. The highest BCUT2D eigenvalue weighted by Crippen LogP contribution is 2.44. The van der Waals surface area contributed by atoms with Gasteiger partial charge in [-0.05, 0) is 162 Å². The molecule has 0 spiro atoms. The molecule has 2 nitrogen and oxygen atoms in total. The van der Waals surface area contributed by atoms with Crippen molar-refractivity contribution in [3.8, 4) is 78.1 Å². The molecule has 0 aliphatic heterocycles. The monoisotopic (exact) mass is 1070 g/mol. The van der Waals surface area contributed by atoms with Crippen LogP contribution in [0, 0.1) is 0 Å². The van der Waals surface area contributed by atoms with E-state index < -0.39 is 0 Å². The first kappa shape index (κ1) is 48.5. The van der Waals surface area contributed by atoms with Crippen LogP contribution in [-0.4, -0.2) is 9.13 Å². The third-order valence-corrected chi connectivity index (χ3v) is 17.8. The summed E-state index contributed by atoms with van der Waals surface area (Å²) in [5.41, 5.74) is 21.6. The molecule has 0 unspecified atom stereocenters. The average Bonchev–Trinajstić information content (AvgIpc) is 2.62. The Hall–Kier alpha value is -10.5. The van der Waals surface area contributed by atoms with Gasteiger partial charge >= 0.3 is 0 Å². The number of benzene rings is 14. The van der Waals surface area contributed by atoms with Gasteiger partial charge in [0.05, 0.1) is 33.4 Å². The summed E-state index contributed by atoms with van der Waals surface area (Å²) < 4.78 is 4.94. The Morgan fingerprint density at radius 1 is 0.181 bits per heavy atom. The number of hydrogen-bond acceptors (Lipinski definition) is 1. The topological polar surface area (TPSA) is 9.86 Å². The molecule has 14 aromatic carbocycles. The smallest absolute Gasteiger partial charge is 0.0541 e. The van der Waals surface area contributed by atoms with Gasteiger partial charge in [-0.2, -0.15) is 0 Å². The van der Waals surface area contributed by atoms with Crippen molar-refractivity contribution in [1.29, 1.82) is 0 Å². The predicted octanol–water partition coefficient (Wildman–Crippen LogP) is 22.3. The fraction of sp³-hybridized carbons (Fsp3) is 0. The molecule has 0 aliphatic rings. The molecule has 2 aromatic heterocycles. The molecular weight excluding hydrogens is 1020 g/mol. The van der Waals surface area contributed by atoms with Crippen molar-refractivity contribution in [2.24, 2.45) is 0 Å². The third kappa shape index (κ3) is 8.52. The molecule has 0 aliphatic carbocycles. The van der Waals surface area contributed by atoms with Crippen LogP contribution in [-0.2, 0) is 0 Å². The molecule has 0 atom stereocenters. The van der Waals surface area contributed by atoms with Crippen molar-refractivity contribution >= 4 is 76.9 Å². The van der Waals surface area contributed by atoms with Crippen molar-refractivity contribution < 1.29 is 0 Å². The lowest BCUT2D eigenvalue weighted by molar-refractivity contribution is 1.20. The lowest BCUT2D eigenvalue weighted by atomic mass is 9.97. The highest BCUT2D eigenvalue weighted by Gasteiger charge is 2.20. The van der Waals surface area contributed by atoms with Crippen LogP contribution in [0.25, 0.3) is 143 Å². The van der Waals surface area contributed by atoms with E-state index in [1.807, 2.05) is 0 Å². The van der Waals surface area contributed by atoms with Gasteiger partial charge < -0.3 is 9.13 Å². The van der Waals surface area contributed by atoms with E-state index >= 15 is 0 Å². The maximum atomic E-state index is 2.47. The summed E-state index contributed by atoms with van der Waals surface area (Å²) >= 11 is 1.80. The Morgan fingerprint density at radius 2 is 0.446 bits per heavy atom. The van der Waals surface area contributed by atoms with E-state index in [0.29, 0.717) is 0 Å². The molecular formula is C80H52N2S. The summed E-state index contributed by atoms with van der Waals surface area (Å²) in [6, 6.07) is 116. The van der Waals surface area contributed by atoms with Crippen LogP contribution in [0.2, 0.25) is 0 Å². The molecule has 0 bridgehead atoms. The Bertz CT molecular complexity index is 4600. The second-order valence-corrected chi connectivity index (χ2v) is 22.7. The van der Waals surface area contributed by atoms with Gasteiger partial charge in [0.15, 0.2) is 0 Å². The van der Waals surface area contributed by atoms with E-state index in [9.17, 15) is 0 Å². The molecule has 0 amide bonds. The van der Waals surface area contributed by atoms with Crippen molar-refractivity contribution in [2.45, 2.75) is 9.79 Å². The van der Waals surface area contributed by atoms with Gasteiger partial charge in [0.2, 0.25) is 0 Å². The van der Waals surface area contributed by atoms with Crippen LogP contribution >= 0.6 is 11.8 Å². The molecule has 3 heteroatoms. The zero-order chi connectivity index (χ0) is 54.8. The van der Waals surface area contributed by atoms with E-state index in [4.69, 9.17) is 0 Å². The zero-order valence-electron chi connectivity index (χ0n) is 45.3. The zero-order valence-corrected chi connectivity index (χ0v) is 46.1. The van der Waals surface area contributed by atoms with Crippen LogP contribution in [0.4, 0.5) is 0 Å². The second-order valence-electron chi connectivity index (χ2n) is 21.6. The largest absolute Gasteiger partial charge is 0.309 e. The lowest BCUT2D eigenvalue weighted by Gasteiger charge is -2.16. The molecule has 388 valence electrons. The lowest BCUT2D eigenvalue weighted by Crippen LogP contribution is -1.96. The first-order chi connectivity index (χ1) is 41.1. The Kier molecular flexibility index (Phi) is 11.8. The van der Waals surface area contributed by atoms with Crippen LogP contribution < -0.4 is 0 Å². The molecule has 0 fully saturated rings. The SMILES string of the molecule is c1ccc(-c2ccc3c(c2)c2cc(-c4ccccc4)ccc2n3-c2ccc(-c3ccc(Sc4ccc(-c5ccc(-n6c7ccc(-c8ccccc8)cc7c7cc(-c8ccccc8)ccc76)c6ccccc56)cc4)cc3)c3ccccc23)cc1. The van der Waals surface area contributed by atoms with E-state index in [1.54, 1.807) is 11.8 Å². The van der Waals surface area contributed by atoms with Gasteiger partial charge in [-0.3, -0.25) is 0 Å². The predicted molar refractivity (Wildman–Crippen MR) is 353 cm³/mol. The molecule has 0 saturated carbocycles. The van der Waals surface area contributed by atoms with E-state index in [2.05, 4.69) is 325 Å². The normalized spacial score (nSPS) is 11.7. The van der Waals surface area contributed by atoms with Crippen molar-refractivity contribution in [3.63, 3.8) is 0 Å². The Morgan fingerprint density at radius 3 is 0.747 bits per heavy atom. The minimum absolute atomic E-state index is 1.17. The van der Waals surface area contributed by atoms with Crippen LogP contribution in [0.1, 0.15) is 0 Å². The standard InChI is InChI=1S/C80H52N2S/c1-5-17-53(18-6-1)59-33-43-77-71(49-59)72-50-60(54-19-7-2-8-20-54)34-44-78(72)81(77)75-47-41-65(67-25-13-15-27-69(67)75)57-29-37-63(38-30-57)83-64-39-31-58(32-40-64)66-42-48-76(70-28-16-14-26-68(66)70)82-79-45-35-61(55-21-9-3-10-22-55)51-73(79)74-52-62(36-46-80(74)82)56-23-11-4-12-24-56/h1-52H. The molecule has 16 aromatic rings. The second kappa shape index (κ2) is 20.3. The maximum Gasteiger partial charge on any atom is 0.0541 e. The Labute approximate surface area is 486 Å². The van der Waals surface area contributed by atoms with Crippen molar-refractivity contribution in [1.82, 2.24) is 9.13 Å². The summed E-state index contributed by atoms with van der Waals surface area (Å²) in [5.74, 6) is 0. The van der Waals surface area contributed by atoms with E-state index in [1.165, 1.54) is 153 Å². The number of aromatic nitrogens is 2. The highest BCUT2D eigenvalue weighted by molar-refractivity contribution is 7.99. The first-order valence-electron chi connectivity index (χ1n) is 28.5. The summed E-state index contributed by atoms with van der Waals surface area (Å²) in [7, 11) is 0. The maximum absolute atomic E-state index is 2.47. The summed E-state index contributed by atoms with van der Waals surface area (Å²) in [6.07, 6.45) is 0. The van der Waals surface area contributed by atoms with Gasteiger partial charge in [0.1, 0.15) is 0 Å². The quantitative estimate of drug-likeness (QED) is 0.133. The van der Waals surface area contributed by atoms with Crippen LogP contribution in [0.15, 0.2) is 325 Å². The third-order valence-electron chi connectivity index (χ3n) is 16.8. The van der Waals surface area contributed by atoms with Gasteiger partial charge in [-0.15, -0.1) is 0 Å². The number of rotatable bonds is 10. The van der Waals surface area contributed by atoms with E-state index in [0.717, 1.165) is 0 Å². The van der Waals surface area contributed by atoms with Gasteiger partial charge in [0.25, 0.3) is 0 Å². The summed E-state index contributed by atoms with van der Waals surface area (Å²) in [4.78, 5) is 2.40. The van der Waals surface area contributed by atoms with Crippen LogP contribution in [0.3, 0.4) is 0 Å². The molecule has 16 rings (SSSR count). The van der Waals surface area contributed by atoms with Gasteiger partial charge in [-0.1, -0.05) is 242 Å². The molecule has 0 saturated heterocycles. The molecule has 2 heterocycles. The molecule has 83 heavy (non-hydrogen) atoms. The fourth-order valence-electron chi connectivity index (χ4n) is 12.8. The Balaban J connectivity index is 0.708. The van der Waals surface area contributed by atoms with Crippen LogP contribution in [0.5, 0.6) is 0 Å². The van der Waals surface area contributed by atoms with Crippen molar-refractivity contribution in [2.75, 3.05) is 0 Å². The first-order valence-corrected chi connectivity index (χ1v) is 29.3. The van der Waals surface area contributed by atoms with Gasteiger partial charge in [-0.25, -0.2) is 0 Å². The highest BCUT2D eigenvalue weighted by atomic mass is 32.2. The minimum atomic E-state index is 1.17. The summed E-state index contributed by atoms with van der Waals surface area (Å²) in [5, 5.41) is 9.84. The van der Waals surface area contributed by atoms with Crippen molar-refractivity contribution in [3.05, 3.63) is 315 Å². The average molecular weight is 1070 g/mol. The fourth-order valence-corrected chi connectivity index (χ4v) is 13.6. The molecule has 0 N–H and O–H groups in total. The van der Waals surface area contributed by atoms with Gasteiger partial charge in [0, 0.05) is 42.1 Å².